The van der Waals surface area contributed by atoms with Gasteiger partial charge in [-0.15, -0.1) is 0 Å². The summed E-state index contributed by atoms with van der Waals surface area (Å²) in [5.41, 5.74) is 1.28. The van der Waals surface area contributed by atoms with Gasteiger partial charge >= 0.3 is 11.9 Å². The molecule has 0 atom stereocenters. The second-order valence-electron chi connectivity index (χ2n) is 4.32. The first-order chi connectivity index (χ1) is 10.1. The van der Waals surface area contributed by atoms with Gasteiger partial charge in [0.05, 0.1) is 25.4 Å². The molecule has 1 rings (SSSR count). The minimum atomic E-state index is -0.392. The molecule has 0 saturated carbocycles. The molecule has 0 aliphatic rings. The van der Waals surface area contributed by atoms with Crippen molar-refractivity contribution >= 4 is 11.9 Å². The van der Waals surface area contributed by atoms with E-state index in [2.05, 4.69) is 0 Å². The van der Waals surface area contributed by atoms with Crippen LogP contribution >= 0.6 is 0 Å². The number of hydrogen-bond donors (Lipinski definition) is 0. The van der Waals surface area contributed by atoms with Gasteiger partial charge in [0.25, 0.3) is 0 Å². The fourth-order valence-electron chi connectivity index (χ4n) is 1.87. The third-order valence-electron chi connectivity index (χ3n) is 2.71. The van der Waals surface area contributed by atoms with Crippen molar-refractivity contribution in [3.05, 3.63) is 29.3 Å². The topological polar surface area (TPSA) is 61.8 Å². The van der Waals surface area contributed by atoms with Crippen LogP contribution in [0.2, 0.25) is 0 Å². The lowest BCUT2D eigenvalue weighted by Crippen LogP contribution is -2.08. The van der Waals surface area contributed by atoms with Crippen LogP contribution in [0, 0.1) is 0 Å². The van der Waals surface area contributed by atoms with Gasteiger partial charge in [0, 0.05) is 6.42 Å². The molecule has 5 heteroatoms. The number of esters is 2. The molecule has 0 aromatic heterocycles. The van der Waals surface area contributed by atoms with Crippen LogP contribution in [0.5, 0.6) is 5.75 Å². The number of ether oxygens (including phenoxy) is 3. The third kappa shape index (κ3) is 5.85. The van der Waals surface area contributed by atoms with Crippen molar-refractivity contribution in [1.82, 2.24) is 0 Å². The van der Waals surface area contributed by atoms with Crippen molar-refractivity contribution in [3.63, 3.8) is 0 Å². The van der Waals surface area contributed by atoms with Crippen molar-refractivity contribution in [2.24, 2.45) is 0 Å². The minimum Gasteiger partial charge on any atom is -0.494 e. The Morgan fingerprint density at radius 3 is 2.29 bits per heavy atom. The monoisotopic (exact) mass is 294 g/mol. The first-order valence-electron chi connectivity index (χ1n) is 7.20. The fraction of sp³-hybridized carbons (Fsp3) is 0.500. The first-order valence-corrected chi connectivity index (χ1v) is 7.20. The van der Waals surface area contributed by atoms with E-state index in [4.69, 9.17) is 14.2 Å². The summed E-state index contributed by atoms with van der Waals surface area (Å²) in [6.45, 7) is 6.58. The van der Waals surface area contributed by atoms with Crippen molar-refractivity contribution in [1.29, 1.82) is 0 Å². The van der Waals surface area contributed by atoms with Crippen LogP contribution < -0.4 is 4.74 Å². The van der Waals surface area contributed by atoms with Gasteiger partial charge in [0.2, 0.25) is 0 Å². The molecule has 5 nitrogen and oxygen atoms in total. The number of hydrogen-bond acceptors (Lipinski definition) is 5. The molecule has 0 heterocycles. The van der Waals surface area contributed by atoms with E-state index in [-0.39, 0.29) is 12.4 Å². The van der Waals surface area contributed by atoms with Crippen LogP contribution in [0.3, 0.4) is 0 Å². The van der Waals surface area contributed by atoms with Gasteiger partial charge in [-0.3, -0.25) is 4.79 Å². The molecule has 0 unspecified atom stereocenters. The van der Waals surface area contributed by atoms with Gasteiger partial charge in [0.1, 0.15) is 5.75 Å². The van der Waals surface area contributed by atoms with Crippen LogP contribution in [0.4, 0.5) is 0 Å². The van der Waals surface area contributed by atoms with Crippen molar-refractivity contribution in [3.8, 4) is 5.75 Å². The van der Waals surface area contributed by atoms with Gasteiger partial charge in [-0.25, -0.2) is 4.79 Å². The Hall–Kier alpha value is -2.04. The van der Waals surface area contributed by atoms with Crippen LogP contribution in [0.25, 0.3) is 0 Å². The Morgan fingerprint density at radius 1 is 0.952 bits per heavy atom. The van der Waals surface area contributed by atoms with E-state index >= 15 is 0 Å². The average Bonchev–Trinajstić information content (AvgIpc) is 2.46. The number of benzene rings is 1. The second kappa shape index (κ2) is 9.00. The average molecular weight is 294 g/mol. The summed E-state index contributed by atoms with van der Waals surface area (Å²) < 4.78 is 15.3. The van der Waals surface area contributed by atoms with Crippen molar-refractivity contribution < 1.29 is 23.8 Å². The fourth-order valence-corrected chi connectivity index (χ4v) is 1.87. The maximum absolute atomic E-state index is 11.8. The lowest BCUT2D eigenvalue weighted by atomic mass is 10.1. The summed E-state index contributed by atoms with van der Waals surface area (Å²) >= 11 is 0. The standard InChI is InChI=1S/C16H22O5/c1-4-19-14-10-12(7-8-15(17)20-5-2)9-13(11-14)16(18)21-6-3/h9-11H,4-8H2,1-3H3. The van der Waals surface area contributed by atoms with E-state index in [0.29, 0.717) is 37.6 Å². The molecule has 116 valence electrons. The summed E-state index contributed by atoms with van der Waals surface area (Å²) in [4.78, 5) is 23.2. The largest absolute Gasteiger partial charge is 0.494 e. The van der Waals surface area contributed by atoms with Crippen LogP contribution in [0.15, 0.2) is 18.2 Å². The summed E-state index contributed by atoms with van der Waals surface area (Å²) in [6.07, 6.45) is 0.762. The lowest BCUT2D eigenvalue weighted by Gasteiger charge is -2.10. The van der Waals surface area contributed by atoms with Gasteiger partial charge in [0.15, 0.2) is 0 Å². The van der Waals surface area contributed by atoms with Crippen molar-refractivity contribution in [2.45, 2.75) is 33.6 Å². The normalized spacial score (nSPS) is 10.0. The van der Waals surface area contributed by atoms with E-state index in [1.54, 1.807) is 26.0 Å². The Morgan fingerprint density at radius 2 is 1.67 bits per heavy atom. The molecule has 0 N–H and O–H groups in total. The molecule has 21 heavy (non-hydrogen) atoms. The van der Waals surface area contributed by atoms with Gasteiger partial charge in [-0.05, 0) is 51.0 Å². The Bertz CT molecular complexity index is 482. The SMILES string of the molecule is CCOC(=O)CCc1cc(OCC)cc(C(=O)OCC)c1. The third-order valence-corrected chi connectivity index (χ3v) is 2.71. The number of carbonyl (C=O) groups excluding carboxylic acids is 2. The molecule has 1 aromatic carbocycles. The molecular weight excluding hydrogens is 272 g/mol. The highest BCUT2D eigenvalue weighted by Gasteiger charge is 2.11. The first kappa shape index (κ1) is 17.0. The minimum absolute atomic E-state index is 0.253. The molecule has 0 bridgehead atoms. The van der Waals surface area contributed by atoms with Crippen molar-refractivity contribution in [2.75, 3.05) is 19.8 Å². The quantitative estimate of drug-likeness (QED) is 0.690. The van der Waals surface area contributed by atoms with E-state index < -0.39 is 5.97 Å². The molecule has 0 spiro atoms. The van der Waals surface area contributed by atoms with E-state index in [9.17, 15) is 9.59 Å². The molecule has 0 radical (unpaired) electrons. The molecule has 0 aliphatic heterocycles. The van der Waals surface area contributed by atoms with Gasteiger partial charge in [-0.2, -0.15) is 0 Å². The summed E-state index contributed by atoms with van der Waals surface area (Å²) in [5.74, 6) is -0.0460. The van der Waals surface area contributed by atoms with Crippen LogP contribution in [-0.4, -0.2) is 31.8 Å². The smallest absolute Gasteiger partial charge is 0.338 e. The van der Waals surface area contributed by atoms with Gasteiger partial charge in [-0.1, -0.05) is 0 Å². The van der Waals surface area contributed by atoms with Gasteiger partial charge < -0.3 is 14.2 Å². The lowest BCUT2D eigenvalue weighted by molar-refractivity contribution is -0.143. The van der Waals surface area contributed by atoms with E-state index in [1.807, 2.05) is 13.0 Å². The van der Waals surface area contributed by atoms with Crippen LogP contribution in [-0.2, 0) is 20.7 Å². The maximum Gasteiger partial charge on any atom is 0.338 e. The zero-order chi connectivity index (χ0) is 15.7. The molecule has 0 fully saturated rings. The molecule has 0 aliphatic carbocycles. The maximum atomic E-state index is 11.8. The predicted octanol–water partition coefficient (Wildman–Crippen LogP) is 2.76. The van der Waals surface area contributed by atoms with Crippen LogP contribution in [0.1, 0.15) is 43.1 Å². The molecule has 0 saturated heterocycles. The zero-order valence-corrected chi connectivity index (χ0v) is 12.8. The summed E-state index contributed by atoms with van der Waals surface area (Å²) in [7, 11) is 0. The summed E-state index contributed by atoms with van der Waals surface area (Å²) in [6, 6.07) is 5.19. The van der Waals surface area contributed by atoms with E-state index in [1.165, 1.54) is 0 Å². The molecule has 0 amide bonds. The Balaban J connectivity index is 2.86. The number of aryl methyl sites for hydroxylation is 1. The highest BCUT2D eigenvalue weighted by atomic mass is 16.5. The molecular formula is C16H22O5. The molecule has 1 aromatic rings. The summed E-state index contributed by atoms with van der Waals surface area (Å²) in [5, 5.41) is 0. The highest BCUT2D eigenvalue weighted by Crippen LogP contribution is 2.19. The Labute approximate surface area is 125 Å². The Kier molecular flexibility index (Phi) is 7.29. The highest BCUT2D eigenvalue weighted by molar-refractivity contribution is 5.90. The number of carbonyl (C=O) groups is 2. The zero-order valence-electron chi connectivity index (χ0n) is 12.8. The second-order valence-corrected chi connectivity index (χ2v) is 4.32. The number of rotatable bonds is 8. The predicted molar refractivity (Wildman–Crippen MR) is 78.5 cm³/mol. The van der Waals surface area contributed by atoms with E-state index in [0.717, 1.165) is 5.56 Å².